The molecule has 2 heterocycles. The summed E-state index contributed by atoms with van der Waals surface area (Å²) in [6.07, 6.45) is 12.5. The predicted molar refractivity (Wildman–Crippen MR) is 176 cm³/mol. The molecule has 0 bridgehead atoms. The number of fused-ring (bicyclic) bond motifs is 1. The summed E-state index contributed by atoms with van der Waals surface area (Å²) >= 11 is 0. The van der Waals surface area contributed by atoms with Crippen LogP contribution in [0.1, 0.15) is 102 Å². The van der Waals surface area contributed by atoms with Gasteiger partial charge in [-0.15, -0.1) is 0 Å². The Bertz CT molecular complexity index is 1370. The molecule has 13 heteroatoms. The fourth-order valence-electron chi connectivity index (χ4n) is 7.23. The van der Waals surface area contributed by atoms with Gasteiger partial charge in [0, 0.05) is 25.5 Å². The molecule has 4 N–H and O–H groups in total. The van der Waals surface area contributed by atoms with Crippen LogP contribution in [0.2, 0.25) is 0 Å². The van der Waals surface area contributed by atoms with Crippen LogP contribution in [-0.4, -0.2) is 87.4 Å². The Morgan fingerprint density at radius 3 is 2.31 bits per heavy atom. The zero-order valence-corrected chi connectivity index (χ0v) is 28.6. The molecular formula is C35H51N7O6. The Kier molecular flexibility index (Phi) is 11.1. The molecule has 3 saturated carbocycles. The van der Waals surface area contributed by atoms with E-state index in [1.54, 1.807) is 4.90 Å². The van der Waals surface area contributed by atoms with E-state index in [9.17, 15) is 28.8 Å². The second-order valence-corrected chi connectivity index (χ2v) is 15.2. The average Bonchev–Trinajstić information content (AvgIpc) is 4.01. The zero-order valence-electron chi connectivity index (χ0n) is 28.6. The first-order chi connectivity index (χ1) is 22.9. The van der Waals surface area contributed by atoms with Gasteiger partial charge in [0.1, 0.15) is 23.8 Å². The molecule has 4 aliphatic rings. The SMILES string of the molecule is CCCNC(=O)C(=O)C(CC1CC1)NC(=O)[C@@H]1[C@H]2C[C@H]2CN1C(=O)[C@@H](NC(=O)[C@@H](NC(=O)c1cnccn1)C1CCCCC1)C(C)(C)C. The van der Waals surface area contributed by atoms with Gasteiger partial charge in [-0.3, -0.25) is 33.8 Å². The lowest BCUT2D eigenvalue weighted by Gasteiger charge is -2.38. The van der Waals surface area contributed by atoms with E-state index in [1.165, 1.54) is 18.6 Å². The lowest BCUT2D eigenvalue weighted by Crippen LogP contribution is -2.62. The third kappa shape index (κ3) is 8.57. The van der Waals surface area contributed by atoms with Gasteiger partial charge in [-0.25, -0.2) is 4.98 Å². The van der Waals surface area contributed by atoms with Crippen LogP contribution >= 0.6 is 0 Å². The van der Waals surface area contributed by atoms with Crippen LogP contribution in [0.4, 0.5) is 0 Å². The van der Waals surface area contributed by atoms with Crippen LogP contribution in [0.15, 0.2) is 18.6 Å². The summed E-state index contributed by atoms with van der Waals surface area (Å²) in [6.45, 7) is 8.20. The molecule has 1 saturated heterocycles. The number of carbonyl (C=O) groups is 6. The number of ketones is 1. The van der Waals surface area contributed by atoms with E-state index >= 15 is 0 Å². The zero-order chi connectivity index (χ0) is 34.6. The molecular weight excluding hydrogens is 614 g/mol. The lowest BCUT2D eigenvalue weighted by molar-refractivity contribution is -0.146. The molecule has 5 rings (SSSR count). The Morgan fingerprint density at radius 2 is 1.69 bits per heavy atom. The molecule has 1 aliphatic heterocycles. The van der Waals surface area contributed by atoms with Gasteiger partial charge in [-0.05, 0) is 61.2 Å². The van der Waals surface area contributed by atoms with Crippen LogP contribution in [0.5, 0.6) is 0 Å². The number of amides is 5. The van der Waals surface area contributed by atoms with Crippen molar-refractivity contribution in [2.45, 2.75) is 116 Å². The van der Waals surface area contributed by atoms with Crippen molar-refractivity contribution in [3.63, 3.8) is 0 Å². The molecule has 1 aromatic rings. The van der Waals surface area contributed by atoms with E-state index in [1.807, 2.05) is 27.7 Å². The molecule has 48 heavy (non-hydrogen) atoms. The number of aromatic nitrogens is 2. The van der Waals surface area contributed by atoms with Crippen LogP contribution in [-0.2, 0) is 24.0 Å². The number of likely N-dealkylation sites (tertiary alicyclic amines) is 1. The summed E-state index contributed by atoms with van der Waals surface area (Å²) in [4.78, 5) is 90.7. The number of nitrogens with one attached hydrogen (secondary N) is 4. The summed E-state index contributed by atoms with van der Waals surface area (Å²) in [5.74, 6) is -2.87. The minimum absolute atomic E-state index is 0.0443. The number of rotatable bonds is 14. The first-order valence-corrected chi connectivity index (χ1v) is 17.7. The Hall–Kier alpha value is -3.90. The topological polar surface area (TPSA) is 180 Å². The van der Waals surface area contributed by atoms with Gasteiger partial charge in [0.25, 0.3) is 11.8 Å². The van der Waals surface area contributed by atoms with Crippen molar-refractivity contribution in [1.29, 1.82) is 0 Å². The number of nitrogens with zero attached hydrogens (tertiary/aromatic N) is 3. The Morgan fingerprint density at radius 1 is 0.958 bits per heavy atom. The smallest absolute Gasteiger partial charge is 0.289 e. The summed E-state index contributed by atoms with van der Waals surface area (Å²) in [5, 5.41) is 11.3. The third-order valence-electron chi connectivity index (χ3n) is 10.2. The minimum Gasteiger partial charge on any atom is -0.349 e. The van der Waals surface area contributed by atoms with Crippen LogP contribution < -0.4 is 21.3 Å². The van der Waals surface area contributed by atoms with E-state index in [0.717, 1.165) is 51.4 Å². The van der Waals surface area contributed by atoms with Crippen molar-refractivity contribution in [3.05, 3.63) is 24.3 Å². The third-order valence-corrected chi connectivity index (χ3v) is 10.2. The second-order valence-electron chi connectivity index (χ2n) is 15.2. The molecule has 5 amide bonds. The van der Waals surface area contributed by atoms with Crippen molar-refractivity contribution in [2.75, 3.05) is 13.1 Å². The molecule has 3 aliphatic carbocycles. The highest BCUT2D eigenvalue weighted by molar-refractivity contribution is 6.38. The summed E-state index contributed by atoms with van der Waals surface area (Å²) in [6, 6.07) is -3.62. The quantitative estimate of drug-likeness (QED) is 0.218. The van der Waals surface area contributed by atoms with Crippen molar-refractivity contribution >= 4 is 35.3 Å². The summed E-state index contributed by atoms with van der Waals surface area (Å²) in [5.41, 5.74) is -0.630. The summed E-state index contributed by atoms with van der Waals surface area (Å²) < 4.78 is 0. The van der Waals surface area contributed by atoms with Gasteiger partial charge in [-0.2, -0.15) is 0 Å². The number of hydrogen-bond donors (Lipinski definition) is 4. The van der Waals surface area contributed by atoms with E-state index in [2.05, 4.69) is 31.2 Å². The van der Waals surface area contributed by atoms with Crippen molar-refractivity contribution in [2.24, 2.45) is 29.1 Å². The van der Waals surface area contributed by atoms with Gasteiger partial charge >= 0.3 is 0 Å². The van der Waals surface area contributed by atoms with Crippen molar-refractivity contribution < 1.29 is 28.8 Å². The van der Waals surface area contributed by atoms with Gasteiger partial charge in [0.2, 0.25) is 23.5 Å². The fourth-order valence-corrected chi connectivity index (χ4v) is 7.23. The van der Waals surface area contributed by atoms with Crippen molar-refractivity contribution in [1.82, 2.24) is 36.1 Å². The predicted octanol–water partition coefficient (Wildman–Crippen LogP) is 1.91. The maximum absolute atomic E-state index is 14.4. The lowest BCUT2D eigenvalue weighted by atomic mass is 9.82. The van der Waals surface area contributed by atoms with E-state index < -0.39 is 59.0 Å². The molecule has 0 spiro atoms. The highest BCUT2D eigenvalue weighted by Gasteiger charge is 2.58. The standard InChI is InChI=1S/C35H51N7O6/c1-5-13-38-33(47)28(43)24(16-20-11-12-20)39-32(46)27-23-17-22(23)19-42(27)34(48)29(35(2,3)4)41-31(45)26(21-9-7-6-8-10-21)40-30(44)25-18-36-14-15-37-25/h14-15,18,20-24,26-27,29H,5-13,16-17,19H2,1-4H3,(H,38,47)(H,39,46)(H,40,44)(H,41,45)/t22-,23-,24?,26-,27-,29+/m0/s1. The highest BCUT2D eigenvalue weighted by atomic mass is 16.2. The maximum Gasteiger partial charge on any atom is 0.289 e. The van der Waals surface area contributed by atoms with Crippen LogP contribution in [0.25, 0.3) is 0 Å². The molecule has 4 fully saturated rings. The molecule has 1 aromatic heterocycles. The van der Waals surface area contributed by atoms with E-state index in [4.69, 9.17) is 0 Å². The fraction of sp³-hybridized carbons (Fsp3) is 0.714. The van der Waals surface area contributed by atoms with Gasteiger partial charge < -0.3 is 26.2 Å². The molecule has 1 unspecified atom stereocenters. The van der Waals surface area contributed by atoms with Crippen molar-refractivity contribution in [3.8, 4) is 0 Å². The second kappa shape index (κ2) is 15.1. The van der Waals surface area contributed by atoms with Crippen LogP contribution in [0.3, 0.4) is 0 Å². The molecule has 0 radical (unpaired) electrons. The number of piperidine rings is 1. The Labute approximate surface area is 282 Å². The number of carbonyl (C=O) groups excluding carboxylic acids is 6. The molecule has 6 atom stereocenters. The van der Waals surface area contributed by atoms with E-state index in [0.29, 0.717) is 25.9 Å². The average molecular weight is 666 g/mol. The van der Waals surface area contributed by atoms with Gasteiger partial charge in [0.05, 0.1) is 12.2 Å². The molecule has 13 nitrogen and oxygen atoms in total. The highest BCUT2D eigenvalue weighted by Crippen LogP contribution is 2.50. The normalized spacial score (nSPS) is 24.0. The first-order valence-electron chi connectivity index (χ1n) is 17.7. The minimum atomic E-state index is -0.985. The van der Waals surface area contributed by atoms with E-state index in [-0.39, 0.29) is 35.3 Å². The summed E-state index contributed by atoms with van der Waals surface area (Å²) in [7, 11) is 0. The largest absolute Gasteiger partial charge is 0.349 e. The monoisotopic (exact) mass is 665 g/mol. The van der Waals surface area contributed by atoms with Gasteiger partial charge in [-0.1, -0.05) is 59.8 Å². The first kappa shape index (κ1) is 35.4. The molecule has 262 valence electrons. The molecule has 0 aromatic carbocycles. The number of hydrogen-bond acceptors (Lipinski definition) is 8. The number of Topliss-reactive ketones (excluding diaryl/α,β-unsaturated/α-hetero) is 1. The van der Waals surface area contributed by atoms with Crippen LogP contribution in [0, 0.1) is 29.1 Å². The maximum atomic E-state index is 14.4. The van der Waals surface area contributed by atoms with Gasteiger partial charge in [0.15, 0.2) is 0 Å². The Balaban J connectivity index is 1.32.